The second-order valence-corrected chi connectivity index (χ2v) is 7.58. The third-order valence-electron chi connectivity index (χ3n) is 3.61. The number of aromatic nitrogens is 2. The fraction of sp³-hybridized carbons (Fsp3) is 0.833. The summed E-state index contributed by atoms with van der Waals surface area (Å²) >= 11 is 0. The highest BCUT2D eigenvalue weighted by Gasteiger charge is 2.42. The molecule has 0 unspecified atom stereocenters. The Bertz CT molecular complexity index is 573. The zero-order valence-electron chi connectivity index (χ0n) is 12.3. The number of ether oxygens (including phenoxy) is 1. The molecule has 0 atom stereocenters. The summed E-state index contributed by atoms with van der Waals surface area (Å²) in [5.41, 5.74) is -1.45. The van der Waals surface area contributed by atoms with Crippen LogP contribution >= 0.6 is 0 Å². The molecule has 1 aromatic rings. The second-order valence-electron chi connectivity index (χ2n) is 5.83. The van der Waals surface area contributed by atoms with E-state index in [1.165, 1.54) is 0 Å². The summed E-state index contributed by atoms with van der Waals surface area (Å²) in [6, 6.07) is 0. The molecule has 7 nitrogen and oxygen atoms in total. The van der Waals surface area contributed by atoms with Gasteiger partial charge in [0.05, 0.1) is 6.26 Å². The van der Waals surface area contributed by atoms with E-state index in [4.69, 9.17) is 9.26 Å². The van der Waals surface area contributed by atoms with Crippen LogP contribution in [0.2, 0.25) is 0 Å². The Morgan fingerprint density at radius 1 is 1.35 bits per heavy atom. The maximum Gasteiger partial charge on any atom is 0.247 e. The topological polar surface area (TPSA) is 94.3 Å². The molecule has 0 radical (unpaired) electrons. The van der Waals surface area contributed by atoms with Gasteiger partial charge in [-0.25, -0.2) is 13.1 Å². The largest absolute Gasteiger partial charge is 0.370 e. The first-order valence-corrected chi connectivity index (χ1v) is 8.46. The van der Waals surface area contributed by atoms with E-state index in [0.717, 1.165) is 31.9 Å². The van der Waals surface area contributed by atoms with Crippen molar-refractivity contribution >= 4 is 10.0 Å². The van der Waals surface area contributed by atoms with Gasteiger partial charge in [0.1, 0.15) is 11.1 Å². The molecule has 1 saturated carbocycles. The highest BCUT2D eigenvalue weighted by atomic mass is 32.2. The van der Waals surface area contributed by atoms with Gasteiger partial charge in [-0.2, -0.15) is 4.98 Å². The van der Waals surface area contributed by atoms with E-state index >= 15 is 0 Å². The van der Waals surface area contributed by atoms with E-state index < -0.39 is 21.2 Å². The van der Waals surface area contributed by atoms with Gasteiger partial charge >= 0.3 is 0 Å². The second kappa shape index (κ2) is 5.09. The summed E-state index contributed by atoms with van der Waals surface area (Å²) in [5, 5.41) is 3.99. The van der Waals surface area contributed by atoms with E-state index in [9.17, 15) is 8.42 Å². The molecule has 114 valence electrons. The first-order valence-electron chi connectivity index (χ1n) is 6.57. The normalized spacial score (nSPS) is 19.4. The Balaban J connectivity index is 2.29. The summed E-state index contributed by atoms with van der Waals surface area (Å²) in [4.78, 5) is 4.36. The van der Waals surface area contributed by atoms with Gasteiger partial charge in [-0.15, -0.1) is 0 Å². The summed E-state index contributed by atoms with van der Waals surface area (Å²) in [7, 11) is -1.73. The molecule has 8 heteroatoms. The number of hydrogen-bond acceptors (Lipinski definition) is 6. The first-order chi connectivity index (χ1) is 9.19. The molecule has 0 saturated heterocycles. The molecule has 0 amide bonds. The average Bonchev–Trinajstić information content (AvgIpc) is 2.96. The standard InChI is InChI=1S/C12H21N3O4S/c1-11(2,15-20(4,16)17)10-13-9(14-19-10)12(18-3)7-5-6-8-12/h15H,5-8H2,1-4H3. The molecule has 0 bridgehead atoms. The van der Waals surface area contributed by atoms with Gasteiger partial charge in [0.15, 0.2) is 0 Å². The van der Waals surface area contributed by atoms with Crippen LogP contribution in [0.1, 0.15) is 51.2 Å². The smallest absolute Gasteiger partial charge is 0.247 e. The van der Waals surface area contributed by atoms with Crippen molar-refractivity contribution in [2.24, 2.45) is 0 Å². The molecule has 0 aromatic carbocycles. The lowest BCUT2D eigenvalue weighted by molar-refractivity contribution is -0.0178. The van der Waals surface area contributed by atoms with Crippen molar-refractivity contribution in [3.8, 4) is 0 Å². The molecule has 0 aliphatic heterocycles. The van der Waals surface area contributed by atoms with Gasteiger partial charge in [-0.1, -0.05) is 5.16 Å². The van der Waals surface area contributed by atoms with Gasteiger partial charge in [0.25, 0.3) is 0 Å². The number of nitrogens with zero attached hydrogens (tertiary/aromatic N) is 2. The summed E-state index contributed by atoms with van der Waals surface area (Å²) in [6.07, 6.45) is 4.91. The summed E-state index contributed by atoms with van der Waals surface area (Å²) in [5.74, 6) is 0.733. The molecule has 1 fully saturated rings. The zero-order valence-corrected chi connectivity index (χ0v) is 13.1. The number of hydrogen-bond donors (Lipinski definition) is 1. The van der Waals surface area contributed by atoms with Crippen LogP contribution in [0.15, 0.2) is 4.52 Å². The van der Waals surface area contributed by atoms with Gasteiger partial charge < -0.3 is 9.26 Å². The molecule has 2 rings (SSSR count). The van der Waals surface area contributed by atoms with E-state index in [1.807, 2.05) is 0 Å². The Morgan fingerprint density at radius 3 is 2.45 bits per heavy atom. The lowest BCUT2D eigenvalue weighted by Crippen LogP contribution is -2.40. The fourth-order valence-electron chi connectivity index (χ4n) is 2.63. The van der Waals surface area contributed by atoms with Crippen LogP contribution in [-0.2, 0) is 25.9 Å². The number of rotatable bonds is 5. The molecular formula is C12H21N3O4S. The average molecular weight is 303 g/mol. The van der Waals surface area contributed by atoms with Crippen LogP contribution in [0.3, 0.4) is 0 Å². The SMILES string of the molecule is COC1(c2noc(C(C)(C)NS(C)(=O)=O)n2)CCCC1. The Morgan fingerprint density at radius 2 is 1.95 bits per heavy atom. The zero-order chi connectivity index (χ0) is 15.0. The van der Waals surface area contributed by atoms with Gasteiger partial charge in [-0.05, 0) is 39.5 Å². The van der Waals surface area contributed by atoms with Crippen molar-refractivity contribution in [1.82, 2.24) is 14.9 Å². The quantitative estimate of drug-likeness (QED) is 0.880. The lowest BCUT2D eigenvalue weighted by Gasteiger charge is -2.23. The molecule has 1 aliphatic carbocycles. The molecule has 1 aliphatic rings. The van der Waals surface area contributed by atoms with Crippen molar-refractivity contribution in [2.75, 3.05) is 13.4 Å². The van der Waals surface area contributed by atoms with E-state index in [2.05, 4.69) is 14.9 Å². The molecule has 1 aromatic heterocycles. The Labute approximate surface area is 119 Å². The number of nitrogens with one attached hydrogen (secondary N) is 1. The van der Waals surface area contributed by atoms with Gasteiger partial charge in [-0.3, -0.25) is 0 Å². The maximum atomic E-state index is 11.4. The minimum atomic E-state index is -3.37. The van der Waals surface area contributed by atoms with E-state index in [-0.39, 0.29) is 5.89 Å². The minimum absolute atomic E-state index is 0.237. The van der Waals surface area contributed by atoms with Crippen LogP contribution in [0, 0.1) is 0 Å². The minimum Gasteiger partial charge on any atom is -0.370 e. The molecular weight excluding hydrogens is 282 g/mol. The molecule has 0 spiro atoms. The van der Waals surface area contributed by atoms with Crippen LogP contribution < -0.4 is 4.72 Å². The third kappa shape index (κ3) is 3.02. The van der Waals surface area contributed by atoms with Crippen LogP contribution in [0.25, 0.3) is 0 Å². The van der Waals surface area contributed by atoms with E-state index in [1.54, 1.807) is 21.0 Å². The van der Waals surface area contributed by atoms with E-state index in [0.29, 0.717) is 5.82 Å². The summed E-state index contributed by atoms with van der Waals surface area (Å²) < 4.78 is 36.1. The predicted octanol–water partition coefficient (Wildman–Crippen LogP) is 1.27. The monoisotopic (exact) mass is 303 g/mol. The van der Waals surface area contributed by atoms with Gasteiger partial charge in [0, 0.05) is 7.11 Å². The first kappa shape index (κ1) is 15.4. The van der Waals surface area contributed by atoms with Crippen molar-refractivity contribution < 1.29 is 17.7 Å². The molecule has 1 N–H and O–H groups in total. The third-order valence-corrected chi connectivity index (χ3v) is 4.49. The van der Waals surface area contributed by atoms with Crippen molar-refractivity contribution in [3.05, 3.63) is 11.7 Å². The van der Waals surface area contributed by atoms with Crippen LogP contribution in [-0.4, -0.2) is 31.9 Å². The lowest BCUT2D eigenvalue weighted by atomic mass is 10.0. The highest BCUT2D eigenvalue weighted by Crippen LogP contribution is 2.40. The number of sulfonamides is 1. The van der Waals surface area contributed by atoms with Crippen LogP contribution in [0.4, 0.5) is 0 Å². The maximum absolute atomic E-state index is 11.4. The van der Waals surface area contributed by atoms with Crippen molar-refractivity contribution in [1.29, 1.82) is 0 Å². The fourth-order valence-corrected chi connectivity index (χ4v) is 3.65. The highest BCUT2D eigenvalue weighted by molar-refractivity contribution is 7.88. The van der Waals surface area contributed by atoms with Crippen molar-refractivity contribution in [2.45, 2.75) is 50.7 Å². The Kier molecular flexibility index (Phi) is 3.92. The summed E-state index contributed by atoms with van der Waals surface area (Å²) in [6.45, 7) is 3.36. The van der Waals surface area contributed by atoms with Gasteiger partial charge in [0.2, 0.25) is 21.7 Å². The number of methoxy groups -OCH3 is 1. The molecule has 20 heavy (non-hydrogen) atoms. The van der Waals surface area contributed by atoms with Crippen LogP contribution in [0.5, 0.6) is 0 Å². The predicted molar refractivity (Wildman–Crippen MR) is 72.5 cm³/mol. The van der Waals surface area contributed by atoms with Crippen molar-refractivity contribution in [3.63, 3.8) is 0 Å². The molecule has 1 heterocycles. The Hall–Kier alpha value is -0.990.